The Morgan fingerprint density at radius 3 is 2.88 bits per heavy atom. The summed E-state index contributed by atoms with van der Waals surface area (Å²) in [6.07, 6.45) is 1.20. The molecular formula is C20H22N4O. The lowest BCUT2D eigenvalue weighted by molar-refractivity contribution is 0.206. The molecule has 0 radical (unpaired) electrons. The molecule has 0 atom stereocenters. The van der Waals surface area contributed by atoms with Crippen LogP contribution in [0, 0.1) is 32.1 Å². The van der Waals surface area contributed by atoms with E-state index in [0.717, 1.165) is 40.2 Å². The Morgan fingerprint density at radius 1 is 1.36 bits per heavy atom. The van der Waals surface area contributed by atoms with Crippen LogP contribution >= 0.6 is 0 Å². The summed E-state index contributed by atoms with van der Waals surface area (Å²) in [7, 11) is 0. The summed E-state index contributed by atoms with van der Waals surface area (Å²) in [5, 5.41) is 12.0. The van der Waals surface area contributed by atoms with Gasteiger partial charge >= 0.3 is 6.03 Å². The number of carbonyl (C=O) groups is 1. The number of rotatable bonds is 2. The van der Waals surface area contributed by atoms with Gasteiger partial charge in [-0.2, -0.15) is 5.26 Å². The van der Waals surface area contributed by atoms with E-state index in [1.165, 1.54) is 5.56 Å². The number of carbonyl (C=O) groups excluding carboxylic acids is 1. The van der Waals surface area contributed by atoms with Crippen molar-refractivity contribution in [2.24, 2.45) is 0 Å². The van der Waals surface area contributed by atoms with Crippen LogP contribution in [0.3, 0.4) is 0 Å². The van der Waals surface area contributed by atoms with E-state index in [0.29, 0.717) is 19.5 Å². The Labute approximate surface area is 148 Å². The van der Waals surface area contributed by atoms with E-state index in [1.54, 1.807) is 0 Å². The molecule has 0 saturated carbocycles. The zero-order valence-corrected chi connectivity index (χ0v) is 14.9. The molecule has 0 aliphatic carbocycles. The van der Waals surface area contributed by atoms with Gasteiger partial charge in [-0.05, 0) is 55.5 Å². The van der Waals surface area contributed by atoms with Crippen molar-refractivity contribution < 1.29 is 4.79 Å². The minimum absolute atomic E-state index is 0.104. The second kappa shape index (κ2) is 6.94. The van der Waals surface area contributed by atoms with Gasteiger partial charge < -0.3 is 10.2 Å². The van der Waals surface area contributed by atoms with Crippen molar-refractivity contribution in [3.8, 4) is 6.07 Å². The monoisotopic (exact) mass is 334 g/mol. The van der Waals surface area contributed by atoms with Crippen LogP contribution in [0.25, 0.3) is 0 Å². The first-order valence-electron chi connectivity index (χ1n) is 8.47. The molecular weight excluding hydrogens is 312 g/mol. The molecule has 0 bridgehead atoms. The van der Waals surface area contributed by atoms with Crippen molar-refractivity contribution in [1.29, 1.82) is 5.26 Å². The molecule has 1 aliphatic heterocycles. The minimum atomic E-state index is -0.104. The predicted octanol–water partition coefficient (Wildman–Crippen LogP) is 3.66. The zero-order valence-electron chi connectivity index (χ0n) is 14.9. The fourth-order valence-corrected chi connectivity index (χ4v) is 3.51. The Bertz CT molecular complexity index is 843. The molecule has 2 heterocycles. The Balaban J connectivity index is 1.78. The summed E-state index contributed by atoms with van der Waals surface area (Å²) in [6, 6.07) is 10.1. The third-order valence-corrected chi connectivity index (χ3v) is 4.68. The fraction of sp³-hybridized carbons (Fsp3) is 0.350. The number of aryl methyl sites for hydroxylation is 3. The number of benzene rings is 1. The number of nitrogens with one attached hydrogen (secondary N) is 1. The van der Waals surface area contributed by atoms with Gasteiger partial charge in [-0.1, -0.05) is 18.2 Å². The van der Waals surface area contributed by atoms with Crippen LogP contribution in [0.15, 0.2) is 24.3 Å². The lowest BCUT2D eigenvalue weighted by Gasteiger charge is -2.30. The normalized spacial score (nSPS) is 13.1. The molecule has 5 nitrogen and oxygen atoms in total. The maximum Gasteiger partial charge on any atom is 0.322 e. The molecule has 1 aromatic heterocycles. The van der Waals surface area contributed by atoms with Crippen LogP contribution in [-0.4, -0.2) is 22.5 Å². The molecule has 0 spiro atoms. The van der Waals surface area contributed by atoms with Crippen LogP contribution in [0.1, 0.15) is 33.6 Å². The molecule has 1 aliphatic rings. The van der Waals surface area contributed by atoms with Gasteiger partial charge in [0, 0.05) is 18.8 Å². The molecule has 0 unspecified atom stereocenters. The number of hydrogen-bond donors (Lipinski definition) is 1. The first-order chi connectivity index (χ1) is 12.0. The number of fused-ring (bicyclic) bond motifs is 1. The topological polar surface area (TPSA) is 69.0 Å². The number of anilines is 1. The van der Waals surface area contributed by atoms with Gasteiger partial charge in [0.05, 0.1) is 23.9 Å². The lowest BCUT2D eigenvalue weighted by Crippen LogP contribution is -2.39. The van der Waals surface area contributed by atoms with Crippen molar-refractivity contribution in [1.82, 2.24) is 9.88 Å². The summed E-state index contributed by atoms with van der Waals surface area (Å²) in [5.74, 6) is 0. The average Bonchev–Trinajstić information content (AvgIpc) is 2.58. The van der Waals surface area contributed by atoms with E-state index in [2.05, 4.69) is 16.4 Å². The Kier molecular flexibility index (Phi) is 4.71. The number of hydrogen-bond acceptors (Lipinski definition) is 3. The van der Waals surface area contributed by atoms with Gasteiger partial charge in [-0.25, -0.2) is 4.79 Å². The highest BCUT2D eigenvalue weighted by Gasteiger charge is 2.23. The van der Waals surface area contributed by atoms with E-state index >= 15 is 0 Å². The van der Waals surface area contributed by atoms with Crippen molar-refractivity contribution in [2.75, 3.05) is 11.9 Å². The summed E-state index contributed by atoms with van der Waals surface area (Å²) >= 11 is 0. The van der Waals surface area contributed by atoms with Crippen LogP contribution in [0.5, 0.6) is 0 Å². The maximum absolute atomic E-state index is 12.7. The number of amides is 2. The van der Waals surface area contributed by atoms with Gasteiger partial charge in [0.1, 0.15) is 0 Å². The highest BCUT2D eigenvalue weighted by atomic mass is 16.2. The molecule has 1 aromatic carbocycles. The summed E-state index contributed by atoms with van der Waals surface area (Å²) in [6.45, 7) is 7.06. The largest absolute Gasteiger partial charge is 0.322 e. The lowest BCUT2D eigenvalue weighted by atomic mass is 9.93. The second-order valence-electron chi connectivity index (χ2n) is 6.53. The van der Waals surface area contributed by atoms with E-state index < -0.39 is 0 Å². The van der Waals surface area contributed by atoms with Gasteiger partial charge in [-0.3, -0.25) is 4.98 Å². The third-order valence-electron chi connectivity index (χ3n) is 4.68. The van der Waals surface area contributed by atoms with Gasteiger partial charge in [0.2, 0.25) is 0 Å². The van der Waals surface area contributed by atoms with Crippen LogP contribution in [0.2, 0.25) is 0 Å². The number of aromatic nitrogens is 1. The quantitative estimate of drug-likeness (QED) is 0.911. The van der Waals surface area contributed by atoms with E-state index in [4.69, 9.17) is 5.26 Å². The second-order valence-corrected chi connectivity index (χ2v) is 6.53. The van der Waals surface area contributed by atoms with Gasteiger partial charge in [0.15, 0.2) is 0 Å². The molecule has 0 fully saturated rings. The van der Waals surface area contributed by atoms with Crippen LogP contribution in [-0.2, 0) is 19.4 Å². The van der Waals surface area contributed by atoms with E-state index in [-0.39, 0.29) is 6.03 Å². The first-order valence-corrected chi connectivity index (χ1v) is 8.47. The maximum atomic E-state index is 12.7. The van der Waals surface area contributed by atoms with E-state index in [1.807, 2.05) is 49.9 Å². The molecule has 2 aromatic rings. The summed E-state index contributed by atoms with van der Waals surface area (Å²) in [5.41, 5.74) is 7.02. The molecule has 128 valence electrons. The third kappa shape index (κ3) is 3.48. The highest BCUT2D eigenvalue weighted by molar-refractivity contribution is 5.91. The number of nitriles is 1. The number of nitrogens with zero attached hydrogens (tertiary/aromatic N) is 3. The Hall–Kier alpha value is -2.87. The fourth-order valence-electron chi connectivity index (χ4n) is 3.51. The number of pyridine rings is 1. The standard InChI is InChI=1S/C20H22N4O/c1-13-11-14(2)22-15(3)19(13)23-20(25)24-10-8-18-16(7-9-21)5-4-6-17(18)12-24/h4-6,11H,7-8,10,12H2,1-3H3,(H,23,25). The van der Waals surface area contributed by atoms with Crippen LogP contribution in [0.4, 0.5) is 10.5 Å². The summed E-state index contributed by atoms with van der Waals surface area (Å²) < 4.78 is 0. The molecule has 0 saturated heterocycles. The minimum Gasteiger partial charge on any atom is -0.320 e. The average molecular weight is 334 g/mol. The number of urea groups is 1. The van der Waals surface area contributed by atoms with Gasteiger partial charge in [-0.15, -0.1) is 0 Å². The first kappa shape index (κ1) is 17.0. The van der Waals surface area contributed by atoms with Crippen molar-refractivity contribution in [3.63, 3.8) is 0 Å². The zero-order chi connectivity index (χ0) is 18.0. The molecule has 5 heteroatoms. The van der Waals surface area contributed by atoms with Crippen molar-refractivity contribution in [3.05, 3.63) is 57.9 Å². The van der Waals surface area contributed by atoms with Crippen molar-refractivity contribution >= 4 is 11.7 Å². The van der Waals surface area contributed by atoms with Gasteiger partial charge in [0.25, 0.3) is 0 Å². The molecule has 1 N–H and O–H groups in total. The highest BCUT2D eigenvalue weighted by Crippen LogP contribution is 2.25. The van der Waals surface area contributed by atoms with Crippen molar-refractivity contribution in [2.45, 2.75) is 40.2 Å². The Morgan fingerprint density at radius 2 is 2.16 bits per heavy atom. The smallest absolute Gasteiger partial charge is 0.320 e. The van der Waals surface area contributed by atoms with Crippen LogP contribution < -0.4 is 5.32 Å². The molecule has 2 amide bonds. The summed E-state index contributed by atoms with van der Waals surface area (Å²) in [4.78, 5) is 19.0. The SMILES string of the molecule is Cc1cc(C)c(NC(=O)N2CCc3c(CC#N)cccc3C2)c(C)n1. The molecule has 3 rings (SSSR count). The van der Waals surface area contributed by atoms with E-state index in [9.17, 15) is 4.79 Å². The predicted molar refractivity (Wildman–Crippen MR) is 97.3 cm³/mol. The molecule has 25 heavy (non-hydrogen) atoms.